The number of nitrogens with zero attached hydrogens (tertiary/aromatic N) is 2. The maximum Gasteiger partial charge on any atom is 0.337 e. The van der Waals surface area contributed by atoms with Gasteiger partial charge in [-0.15, -0.1) is 10.2 Å². The van der Waals surface area contributed by atoms with Crippen LogP contribution in [0, 0.1) is 13.8 Å². The zero-order chi connectivity index (χ0) is 16.1. The van der Waals surface area contributed by atoms with Gasteiger partial charge < -0.3 is 10.1 Å². The van der Waals surface area contributed by atoms with E-state index >= 15 is 0 Å². The van der Waals surface area contributed by atoms with E-state index in [1.807, 2.05) is 13.8 Å². The highest BCUT2D eigenvalue weighted by Gasteiger charge is 2.11. The molecule has 1 aromatic heterocycles. The van der Waals surface area contributed by atoms with Gasteiger partial charge in [0.05, 0.1) is 18.4 Å². The Balaban J connectivity index is 2.00. The molecule has 0 bridgehead atoms. The molecule has 0 aliphatic heterocycles. The fourth-order valence-corrected chi connectivity index (χ4v) is 3.27. The van der Waals surface area contributed by atoms with Crippen molar-refractivity contribution in [2.24, 2.45) is 0 Å². The molecule has 0 aliphatic carbocycles. The maximum absolute atomic E-state index is 12.0. The number of aryl methyl sites for hydroxylation is 2. The number of nitrogens with one attached hydrogen (secondary N) is 1. The van der Waals surface area contributed by atoms with Gasteiger partial charge in [0.1, 0.15) is 5.01 Å². The molecule has 0 atom stereocenters. The fraction of sp³-hybridized carbons (Fsp3) is 0.286. The zero-order valence-electron chi connectivity index (χ0n) is 12.4. The minimum absolute atomic E-state index is 0.164. The molecule has 0 saturated heterocycles. The normalized spacial score (nSPS) is 10.3. The van der Waals surface area contributed by atoms with Crippen LogP contribution in [0.5, 0.6) is 0 Å². The van der Waals surface area contributed by atoms with Crippen LogP contribution in [0.25, 0.3) is 0 Å². The van der Waals surface area contributed by atoms with E-state index in [0.717, 1.165) is 14.9 Å². The van der Waals surface area contributed by atoms with Crippen molar-refractivity contribution in [3.05, 3.63) is 34.3 Å². The molecule has 1 amide bonds. The van der Waals surface area contributed by atoms with E-state index in [1.54, 1.807) is 18.2 Å². The second kappa shape index (κ2) is 7.37. The predicted octanol–water partition coefficient (Wildman–Crippen LogP) is 2.67. The van der Waals surface area contributed by atoms with Crippen LogP contribution in [-0.2, 0) is 9.53 Å². The molecule has 0 aliphatic rings. The van der Waals surface area contributed by atoms with Gasteiger partial charge in [0.15, 0.2) is 4.34 Å². The van der Waals surface area contributed by atoms with Crippen LogP contribution in [0.15, 0.2) is 22.5 Å². The summed E-state index contributed by atoms with van der Waals surface area (Å²) in [4.78, 5) is 23.5. The molecule has 0 radical (unpaired) electrons. The van der Waals surface area contributed by atoms with Gasteiger partial charge in [-0.05, 0) is 31.5 Å². The number of amides is 1. The minimum Gasteiger partial charge on any atom is -0.465 e. The Labute approximate surface area is 136 Å². The zero-order valence-corrected chi connectivity index (χ0v) is 14.0. The minimum atomic E-state index is -0.436. The number of carbonyl (C=O) groups excluding carboxylic acids is 2. The Morgan fingerprint density at radius 1 is 1.32 bits per heavy atom. The Bertz CT molecular complexity index is 700. The summed E-state index contributed by atoms with van der Waals surface area (Å²) in [5.74, 6) is -0.367. The lowest BCUT2D eigenvalue weighted by Crippen LogP contribution is -2.15. The Morgan fingerprint density at radius 2 is 2.09 bits per heavy atom. The summed E-state index contributed by atoms with van der Waals surface area (Å²) in [5, 5.41) is 11.5. The summed E-state index contributed by atoms with van der Waals surface area (Å²) in [6.45, 7) is 3.72. The standard InChI is InChI=1S/C14H15N3O3S2/c1-8-4-5-10(13(19)20-3)6-11(8)15-12(18)7-21-14-17-16-9(2)22-14/h4-6H,7H2,1-3H3,(H,15,18). The van der Waals surface area contributed by atoms with Gasteiger partial charge >= 0.3 is 5.97 Å². The number of ether oxygens (including phenoxy) is 1. The van der Waals surface area contributed by atoms with Crippen molar-refractivity contribution in [1.82, 2.24) is 10.2 Å². The lowest BCUT2D eigenvalue weighted by atomic mass is 10.1. The maximum atomic E-state index is 12.0. The number of methoxy groups -OCH3 is 1. The molecule has 116 valence electrons. The van der Waals surface area contributed by atoms with Crippen LogP contribution in [0.2, 0.25) is 0 Å². The molecule has 0 unspecified atom stereocenters. The van der Waals surface area contributed by atoms with E-state index in [4.69, 9.17) is 0 Å². The summed E-state index contributed by atoms with van der Waals surface area (Å²) in [5.41, 5.74) is 1.87. The fourth-order valence-electron chi connectivity index (χ4n) is 1.65. The average molecular weight is 337 g/mol. The number of aromatic nitrogens is 2. The van der Waals surface area contributed by atoms with Crippen molar-refractivity contribution >= 4 is 40.7 Å². The molecule has 1 aromatic carbocycles. The monoisotopic (exact) mass is 337 g/mol. The van der Waals surface area contributed by atoms with E-state index in [9.17, 15) is 9.59 Å². The third kappa shape index (κ3) is 4.28. The summed E-state index contributed by atoms with van der Waals surface area (Å²) < 4.78 is 5.43. The van der Waals surface area contributed by atoms with Crippen molar-refractivity contribution in [3.8, 4) is 0 Å². The molecule has 22 heavy (non-hydrogen) atoms. The molecule has 6 nitrogen and oxygen atoms in total. The van der Waals surface area contributed by atoms with Crippen molar-refractivity contribution in [3.63, 3.8) is 0 Å². The molecule has 2 rings (SSSR count). The number of hydrogen-bond acceptors (Lipinski definition) is 7. The van der Waals surface area contributed by atoms with Gasteiger partial charge in [-0.3, -0.25) is 4.79 Å². The van der Waals surface area contributed by atoms with Gasteiger partial charge in [-0.1, -0.05) is 29.2 Å². The first-order chi connectivity index (χ1) is 10.5. The molecule has 1 heterocycles. The van der Waals surface area contributed by atoms with Gasteiger partial charge in [-0.2, -0.15) is 0 Å². The molecule has 8 heteroatoms. The van der Waals surface area contributed by atoms with Crippen LogP contribution in [0.3, 0.4) is 0 Å². The first-order valence-corrected chi connectivity index (χ1v) is 8.21. The van der Waals surface area contributed by atoms with E-state index in [1.165, 1.54) is 30.2 Å². The summed E-state index contributed by atoms with van der Waals surface area (Å²) in [6.07, 6.45) is 0. The Kier molecular flexibility index (Phi) is 5.51. The molecule has 0 fully saturated rings. The second-order valence-corrected chi connectivity index (χ2v) is 6.85. The number of hydrogen-bond donors (Lipinski definition) is 1. The highest BCUT2D eigenvalue weighted by molar-refractivity contribution is 8.01. The number of benzene rings is 1. The smallest absolute Gasteiger partial charge is 0.337 e. The van der Waals surface area contributed by atoms with Gasteiger partial charge in [0, 0.05) is 5.69 Å². The van der Waals surface area contributed by atoms with E-state index in [-0.39, 0.29) is 11.7 Å². The number of rotatable bonds is 5. The first-order valence-electron chi connectivity index (χ1n) is 6.41. The molecule has 2 aromatic rings. The van der Waals surface area contributed by atoms with Crippen LogP contribution in [-0.4, -0.2) is 34.9 Å². The van der Waals surface area contributed by atoms with E-state index in [2.05, 4.69) is 20.3 Å². The summed E-state index contributed by atoms with van der Waals surface area (Å²) >= 11 is 2.78. The average Bonchev–Trinajstić information content (AvgIpc) is 2.92. The van der Waals surface area contributed by atoms with E-state index in [0.29, 0.717) is 11.3 Å². The first kappa shape index (κ1) is 16.4. The second-order valence-electron chi connectivity index (χ2n) is 4.45. The van der Waals surface area contributed by atoms with Gasteiger partial charge in [-0.25, -0.2) is 4.79 Å². The predicted molar refractivity (Wildman–Crippen MR) is 86.5 cm³/mol. The van der Waals surface area contributed by atoms with Gasteiger partial charge in [0.25, 0.3) is 0 Å². The largest absolute Gasteiger partial charge is 0.465 e. The van der Waals surface area contributed by atoms with Gasteiger partial charge in [0.2, 0.25) is 5.91 Å². The number of carbonyl (C=O) groups is 2. The molecular formula is C14H15N3O3S2. The third-order valence-electron chi connectivity index (χ3n) is 2.77. The van der Waals surface area contributed by atoms with Crippen LogP contribution >= 0.6 is 23.1 Å². The lowest BCUT2D eigenvalue weighted by molar-refractivity contribution is -0.113. The van der Waals surface area contributed by atoms with Crippen LogP contribution < -0.4 is 5.32 Å². The van der Waals surface area contributed by atoms with Crippen molar-refractivity contribution in [2.45, 2.75) is 18.2 Å². The Morgan fingerprint density at radius 3 is 2.73 bits per heavy atom. The Hall–Kier alpha value is -1.93. The SMILES string of the molecule is COC(=O)c1ccc(C)c(NC(=O)CSc2nnc(C)s2)c1. The molecule has 1 N–H and O–H groups in total. The van der Waals surface area contributed by atoms with Crippen molar-refractivity contribution < 1.29 is 14.3 Å². The van der Waals surface area contributed by atoms with Crippen LogP contribution in [0.1, 0.15) is 20.9 Å². The highest BCUT2D eigenvalue weighted by Crippen LogP contribution is 2.23. The number of esters is 1. The van der Waals surface area contributed by atoms with Crippen LogP contribution in [0.4, 0.5) is 5.69 Å². The molecule has 0 spiro atoms. The molecule has 0 saturated carbocycles. The topological polar surface area (TPSA) is 81.2 Å². The number of thioether (sulfide) groups is 1. The third-order valence-corrected chi connectivity index (χ3v) is 4.74. The van der Waals surface area contributed by atoms with E-state index < -0.39 is 5.97 Å². The summed E-state index contributed by atoms with van der Waals surface area (Å²) in [6, 6.07) is 5.04. The number of anilines is 1. The van der Waals surface area contributed by atoms with Crippen molar-refractivity contribution in [1.29, 1.82) is 0 Å². The van der Waals surface area contributed by atoms with Crippen molar-refractivity contribution in [2.75, 3.05) is 18.2 Å². The molecular weight excluding hydrogens is 322 g/mol. The summed E-state index contributed by atoms with van der Waals surface area (Å²) in [7, 11) is 1.32. The lowest BCUT2D eigenvalue weighted by Gasteiger charge is -2.09. The quantitative estimate of drug-likeness (QED) is 0.667. The highest BCUT2D eigenvalue weighted by atomic mass is 32.2.